The van der Waals surface area contributed by atoms with E-state index in [9.17, 15) is 13.2 Å². The zero-order chi connectivity index (χ0) is 18.6. The largest absolute Gasteiger partial charge is 0.351 e. The highest BCUT2D eigenvalue weighted by atomic mass is 35.5. The molecule has 0 heterocycles. The van der Waals surface area contributed by atoms with Crippen LogP contribution in [0.4, 0.5) is 0 Å². The Balaban J connectivity index is 2.02. The summed E-state index contributed by atoms with van der Waals surface area (Å²) in [5.41, 5.74) is 2.04. The van der Waals surface area contributed by atoms with E-state index in [0.717, 1.165) is 11.1 Å². The van der Waals surface area contributed by atoms with Gasteiger partial charge >= 0.3 is 0 Å². The first-order chi connectivity index (χ1) is 11.7. The average Bonchev–Trinajstić information content (AvgIpc) is 2.55. The standard InChI is InChI=1S/C17H18Cl2N2O3S/c1-11-3-5-13(6-4-11)10-20-17(22)12(2)21-25(23,24)16-9-14(18)7-8-15(16)19/h3-9,12,21H,10H2,1-2H3,(H,20,22)/t12-/m1/s1. The minimum Gasteiger partial charge on any atom is -0.351 e. The highest BCUT2D eigenvalue weighted by molar-refractivity contribution is 7.89. The Morgan fingerprint density at radius 1 is 1.12 bits per heavy atom. The molecule has 8 heteroatoms. The molecule has 0 aliphatic carbocycles. The monoisotopic (exact) mass is 400 g/mol. The van der Waals surface area contributed by atoms with Crippen molar-refractivity contribution >= 4 is 39.1 Å². The number of carbonyl (C=O) groups is 1. The molecule has 0 unspecified atom stereocenters. The molecule has 5 nitrogen and oxygen atoms in total. The summed E-state index contributed by atoms with van der Waals surface area (Å²) in [6, 6.07) is 10.8. The summed E-state index contributed by atoms with van der Waals surface area (Å²) >= 11 is 11.7. The molecular weight excluding hydrogens is 383 g/mol. The van der Waals surface area contributed by atoms with Gasteiger partial charge in [-0.05, 0) is 37.6 Å². The normalized spacial score (nSPS) is 12.6. The molecule has 1 atom stereocenters. The maximum Gasteiger partial charge on any atom is 0.242 e. The molecule has 0 radical (unpaired) electrons. The van der Waals surface area contributed by atoms with E-state index in [4.69, 9.17) is 23.2 Å². The van der Waals surface area contributed by atoms with Crippen LogP contribution in [0.25, 0.3) is 0 Å². The molecule has 2 aromatic carbocycles. The molecule has 25 heavy (non-hydrogen) atoms. The first-order valence-corrected chi connectivity index (χ1v) is 9.73. The third-order valence-electron chi connectivity index (χ3n) is 3.50. The molecule has 0 aromatic heterocycles. The minimum atomic E-state index is -3.97. The fourth-order valence-corrected chi connectivity index (χ4v) is 4.05. The van der Waals surface area contributed by atoms with Gasteiger partial charge < -0.3 is 5.32 Å². The molecule has 0 aliphatic heterocycles. The van der Waals surface area contributed by atoms with Crippen LogP contribution in [-0.2, 0) is 21.4 Å². The van der Waals surface area contributed by atoms with Crippen LogP contribution >= 0.6 is 23.2 Å². The van der Waals surface area contributed by atoms with E-state index in [-0.39, 0.29) is 14.9 Å². The smallest absolute Gasteiger partial charge is 0.242 e. The second-order valence-electron chi connectivity index (χ2n) is 5.62. The Morgan fingerprint density at radius 3 is 2.40 bits per heavy atom. The first-order valence-electron chi connectivity index (χ1n) is 7.49. The maximum absolute atomic E-state index is 12.4. The summed E-state index contributed by atoms with van der Waals surface area (Å²) < 4.78 is 27.1. The number of hydrogen-bond acceptors (Lipinski definition) is 3. The van der Waals surface area contributed by atoms with Crippen molar-refractivity contribution in [2.45, 2.75) is 31.3 Å². The molecule has 134 valence electrons. The van der Waals surface area contributed by atoms with Crippen molar-refractivity contribution in [2.75, 3.05) is 0 Å². The third kappa shape index (κ3) is 5.44. The van der Waals surface area contributed by atoms with Crippen LogP contribution in [0.2, 0.25) is 10.0 Å². The fourth-order valence-electron chi connectivity index (χ4n) is 2.08. The number of nitrogens with one attached hydrogen (secondary N) is 2. The van der Waals surface area contributed by atoms with Gasteiger partial charge in [-0.25, -0.2) is 8.42 Å². The molecule has 0 saturated heterocycles. The molecular formula is C17H18Cl2N2O3S. The summed E-state index contributed by atoms with van der Waals surface area (Å²) in [5.74, 6) is -0.442. The number of aryl methyl sites for hydroxylation is 1. The average molecular weight is 401 g/mol. The van der Waals surface area contributed by atoms with Gasteiger partial charge in [-0.1, -0.05) is 53.0 Å². The van der Waals surface area contributed by atoms with Crippen LogP contribution in [0.15, 0.2) is 47.4 Å². The third-order valence-corrected chi connectivity index (χ3v) is 5.75. The Morgan fingerprint density at radius 2 is 1.76 bits per heavy atom. The number of benzene rings is 2. The van der Waals surface area contributed by atoms with E-state index in [1.165, 1.54) is 25.1 Å². The van der Waals surface area contributed by atoms with Crippen LogP contribution in [-0.4, -0.2) is 20.4 Å². The van der Waals surface area contributed by atoms with Crippen molar-refractivity contribution < 1.29 is 13.2 Å². The Bertz CT molecular complexity index is 868. The number of hydrogen-bond donors (Lipinski definition) is 2. The van der Waals surface area contributed by atoms with E-state index in [0.29, 0.717) is 6.54 Å². The molecule has 1 amide bonds. The number of carbonyl (C=O) groups excluding carboxylic acids is 1. The molecule has 2 rings (SSSR count). The van der Waals surface area contributed by atoms with Crippen LogP contribution in [0.3, 0.4) is 0 Å². The number of halogens is 2. The predicted octanol–water partition coefficient (Wildman–Crippen LogP) is 3.29. The van der Waals surface area contributed by atoms with Gasteiger partial charge in [0, 0.05) is 11.6 Å². The van der Waals surface area contributed by atoms with Crippen molar-refractivity contribution in [1.82, 2.24) is 10.0 Å². The number of rotatable bonds is 6. The highest BCUT2D eigenvalue weighted by Crippen LogP contribution is 2.24. The van der Waals surface area contributed by atoms with E-state index in [1.807, 2.05) is 31.2 Å². The maximum atomic E-state index is 12.4. The second-order valence-corrected chi connectivity index (χ2v) is 8.15. The fraction of sp³-hybridized carbons (Fsp3) is 0.235. The van der Waals surface area contributed by atoms with Crippen molar-refractivity contribution in [1.29, 1.82) is 0 Å². The lowest BCUT2D eigenvalue weighted by molar-refractivity contribution is -0.122. The van der Waals surface area contributed by atoms with Crippen molar-refractivity contribution in [3.05, 3.63) is 63.6 Å². The van der Waals surface area contributed by atoms with Crippen molar-refractivity contribution in [2.24, 2.45) is 0 Å². The lowest BCUT2D eigenvalue weighted by Crippen LogP contribution is -2.44. The highest BCUT2D eigenvalue weighted by Gasteiger charge is 2.24. The van der Waals surface area contributed by atoms with Crippen molar-refractivity contribution in [3.8, 4) is 0 Å². The lowest BCUT2D eigenvalue weighted by Gasteiger charge is -2.15. The van der Waals surface area contributed by atoms with E-state index < -0.39 is 22.0 Å². The lowest BCUT2D eigenvalue weighted by atomic mass is 10.1. The summed E-state index contributed by atoms with van der Waals surface area (Å²) in [5, 5.41) is 2.96. The summed E-state index contributed by atoms with van der Waals surface area (Å²) in [6.07, 6.45) is 0. The van der Waals surface area contributed by atoms with Gasteiger partial charge in [0.05, 0.1) is 11.1 Å². The Hall–Kier alpha value is -1.60. The van der Waals surface area contributed by atoms with Crippen LogP contribution in [0.5, 0.6) is 0 Å². The Kier molecular flexibility index (Phi) is 6.46. The van der Waals surface area contributed by atoms with E-state index in [1.54, 1.807) is 0 Å². The van der Waals surface area contributed by atoms with Crippen molar-refractivity contribution in [3.63, 3.8) is 0 Å². The van der Waals surface area contributed by atoms with Gasteiger partial charge in [0.25, 0.3) is 0 Å². The predicted molar refractivity (Wildman–Crippen MR) is 99.3 cm³/mol. The number of amides is 1. The zero-order valence-electron chi connectivity index (χ0n) is 13.7. The first kappa shape index (κ1) is 19.7. The molecule has 0 spiro atoms. The van der Waals surface area contributed by atoms with Gasteiger partial charge in [-0.3, -0.25) is 4.79 Å². The van der Waals surface area contributed by atoms with Gasteiger partial charge in [0.15, 0.2) is 0 Å². The van der Waals surface area contributed by atoms with E-state index >= 15 is 0 Å². The second kappa shape index (κ2) is 8.19. The Labute approximate surface area is 157 Å². The van der Waals surface area contributed by atoms with Crippen LogP contribution in [0, 0.1) is 6.92 Å². The van der Waals surface area contributed by atoms with Gasteiger partial charge in [-0.15, -0.1) is 0 Å². The van der Waals surface area contributed by atoms with Gasteiger partial charge in [0.2, 0.25) is 15.9 Å². The minimum absolute atomic E-state index is 0.0316. The topological polar surface area (TPSA) is 75.3 Å². The van der Waals surface area contributed by atoms with E-state index in [2.05, 4.69) is 10.0 Å². The SMILES string of the molecule is Cc1ccc(CNC(=O)[C@@H](C)NS(=O)(=O)c2cc(Cl)ccc2Cl)cc1. The quantitative estimate of drug-likeness (QED) is 0.780. The molecule has 0 aliphatic rings. The summed E-state index contributed by atoms with van der Waals surface area (Å²) in [4.78, 5) is 12.0. The zero-order valence-corrected chi connectivity index (χ0v) is 16.0. The van der Waals surface area contributed by atoms with Crippen LogP contribution in [0.1, 0.15) is 18.1 Å². The summed E-state index contributed by atoms with van der Waals surface area (Å²) in [6.45, 7) is 3.74. The van der Waals surface area contributed by atoms with Crippen LogP contribution < -0.4 is 10.0 Å². The molecule has 0 bridgehead atoms. The molecule has 0 saturated carbocycles. The van der Waals surface area contributed by atoms with Gasteiger partial charge in [0.1, 0.15) is 4.90 Å². The van der Waals surface area contributed by atoms with Gasteiger partial charge in [-0.2, -0.15) is 4.72 Å². The number of sulfonamides is 1. The summed E-state index contributed by atoms with van der Waals surface area (Å²) in [7, 11) is -3.97. The molecule has 2 aromatic rings. The molecule has 2 N–H and O–H groups in total. The molecule has 0 fully saturated rings.